The van der Waals surface area contributed by atoms with E-state index in [-0.39, 0.29) is 5.41 Å². The average Bonchev–Trinajstić information content (AvgIpc) is 2.97. The summed E-state index contributed by atoms with van der Waals surface area (Å²) in [6.07, 6.45) is 10.2. The van der Waals surface area contributed by atoms with Gasteiger partial charge in [0.1, 0.15) is 5.78 Å². The number of urea groups is 1. The third-order valence-electron chi connectivity index (χ3n) is 9.33. The minimum atomic E-state index is -0.587. The highest BCUT2D eigenvalue weighted by Gasteiger charge is 2.60. The number of carbonyl (C=O) groups is 2. The number of hydrogen-bond acceptors (Lipinski definition) is 3. The molecule has 4 aliphatic carbocycles. The second kappa shape index (κ2) is 6.59. The number of hydrogen-bond donors (Lipinski definition) is 2. The highest BCUT2D eigenvalue weighted by molar-refractivity contribution is 5.86. The molecule has 27 heavy (non-hydrogen) atoms. The van der Waals surface area contributed by atoms with Gasteiger partial charge in [-0.1, -0.05) is 13.8 Å². The summed E-state index contributed by atoms with van der Waals surface area (Å²) < 4.78 is 0. The molecule has 5 nitrogen and oxygen atoms in total. The van der Waals surface area contributed by atoms with E-state index < -0.39 is 6.03 Å². The number of nitrogens with one attached hydrogen (secondary N) is 1. The van der Waals surface area contributed by atoms with Crippen molar-refractivity contribution in [3.05, 3.63) is 0 Å². The van der Waals surface area contributed by atoms with Gasteiger partial charge in [-0.05, 0) is 86.4 Å². The molecule has 0 saturated heterocycles. The summed E-state index contributed by atoms with van der Waals surface area (Å²) in [4.78, 5) is 23.1. The van der Waals surface area contributed by atoms with Crippen molar-refractivity contribution in [3.8, 4) is 0 Å². The number of rotatable bonds is 2. The first-order chi connectivity index (χ1) is 12.8. The average molecular weight is 374 g/mol. The molecular weight excluding hydrogens is 338 g/mol. The van der Waals surface area contributed by atoms with Gasteiger partial charge in [-0.15, -0.1) is 0 Å². The quantitative estimate of drug-likeness (QED) is 0.560. The molecule has 4 aliphatic rings. The van der Waals surface area contributed by atoms with E-state index in [9.17, 15) is 9.59 Å². The molecule has 0 radical (unpaired) electrons. The molecule has 0 aromatic carbocycles. The van der Waals surface area contributed by atoms with E-state index >= 15 is 0 Å². The number of amides is 2. The van der Waals surface area contributed by atoms with Gasteiger partial charge in [-0.2, -0.15) is 5.10 Å². The van der Waals surface area contributed by atoms with Gasteiger partial charge < -0.3 is 5.73 Å². The first-order valence-electron chi connectivity index (χ1n) is 10.9. The Morgan fingerprint density at radius 2 is 1.81 bits per heavy atom. The predicted molar refractivity (Wildman–Crippen MR) is 106 cm³/mol. The molecule has 0 aromatic rings. The van der Waals surface area contributed by atoms with Crippen LogP contribution in [0.25, 0.3) is 0 Å². The Morgan fingerprint density at radius 3 is 2.56 bits per heavy atom. The lowest BCUT2D eigenvalue weighted by atomic mass is 9.44. The third kappa shape index (κ3) is 2.92. The maximum atomic E-state index is 12.0. The Bertz CT molecular complexity index is 674. The van der Waals surface area contributed by atoms with Gasteiger partial charge in [0, 0.05) is 24.5 Å². The Hall–Kier alpha value is -1.39. The number of fused-ring (bicyclic) bond motifs is 5. The molecule has 4 rings (SSSR count). The standard InChI is InChI=1S/C22H35N3O2/c1-13(24-25-20(23)27)17-6-7-18-16-5-4-14-12-15(26)8-10-21(14,2)19(16)9-11-22(17,18)3/h14,16-19H,4-12H2,1-3H3,(H3,23,25,27)/b24-13+. The van der Waals surface area contributed by atoms with Crippen LogP contribution in [0.15, 0.2) is 5.10 Å². The molecule has 4 fully saturated rings. The number of nitrogens with zero attached hydrogens (tertiary/aromatic N) is 1. The maximum absolute atomic E-state index is 12.0. The van der Waals surface area contributed by atoms with Crippen LogP contribution in [-0.2, 0) is 4.79 Å². The zero-order valence-corrected chi connectivity index (χ0v) is 17.1. The van der Waals surface area contributed by atoms with Crippen LogP contribution in [-0.4, -0.2) is 17.5 Å². The summed E-state index contributed by atoms with van der Waals surface area (Å²) in [6.45, 7) is 7.01. The van der Waals surface area contributed by atoms with Gasteiger partial charge >= 0.3 is 6.03 Å². The summed E-state index contributed by atoms with van der Waals surface area (Å²) in [7, 11) is 0. The van der Waals surface area contributed by atoms with Crippen LogP contribution in [0.2, 0.25) is 0 Å². The van der Waals surface area contributed by atoms with E-state index in [4.69, 9.17) is 5.73 Å². The van der Waals surface area contributed by atoms with E-state index in [1.54, 1.807) is 0 Å². The van der Waals surface area contributed by atoms with Crippen molar-refractivity contribution >= 4 is 17.5 Å². The van der Waals surface area contributed by atoms with Crippen molar-refractivity contribution in [1.29, 1.82) is 0 Å². The first-order valence-corrected chi connectivity index (χ1v) is 10.9. The van der Waals surface area contributed by atoms with Crippen LogP contribution >= 0.6 is 0 Å². The molecule has 3 N–H and O–H groups in total. The largest absolute Gasteiger partial charge is 0.350 e. The van der Waals surface area contributed by atoms with Gasteiger partial charge in [0.05, 0.1) is 0 Å². The van der Waals surface area contributed by atoms with Crippen molar-refractivity contribution in [3.63, 3.8) is 0 Å². The first kappa shape index (κ1) is 18.9. The predicted octanol–water partition coefficient (Wildman–Crippen LogP) is 4.26. The lowest BCUT2D eigenvalue weighted by molar-refractivity contribution is -0.138. The smallest absolute Gasteiger partial charge is 0.332 e. The summed E-state index contributed by atoms with van der Waals surface area (Å²) in [5.74, 6) is 3.86. The Balaban J connectivity index is 1.56. The van der Waals surface area contributed by atoms with Crippen molar-refractivity contribution < 1.29 is 9.59 Å². The number of Topliss-reactive ketones (excluding diaryl/α,β-unsaturated/α-hetero) is 1. The molecule has 7 unspecified atom stereocenters. The summed E-state index contributed by atoms with van der Waals surface area (Å²) in [5.41, 5.74) is 9.31. The van der Waals surface area contributed by atoms with E-state index in [1.165, 1.54) is 38.5 Å². The van der Waals surface area contributed by atoms with Crippen LogP contribution in [0, 0.1) is 40.4 Å². The molecule has 0 spiro atoms. The lowest BCUT2D eigenvalue weighted by Gasteiger charge is -2.60. The molecule has 0 aliphatic heterocycles. The van der Waals surface area contributed by atoms with Crippen LogP contribution in [0.3, 0.4) is 0 Å². The van der Waals surface area contributed by atoms with Crippen molar-refractivity contribution in [2.75, 3.05) is 0 Å². The number of hydrazone groups is 1. The minimum absolute atomic E-state index is 0.280. The van der Waals surface area contributed by atoms with Crippen LogP contribution in [0.5, 0.6) is 0 Å². The highest BCUT2D eigenvalue weighted by atomic mass is 16.2. The Labute approximate surface area is 162 Å². The molecule has 5 heteroatoms. The van der Waals surface area contributed by atoms with E-state index in [2.05, 4.69) is 24.4 Å². The monoisotopic (exact) mass is 373 g/mol. The molecule has 0 aromatic heterocycles. The molecule has 150 valence electrons. The van der Waals surface area contributed by atoms with Crippen molar-refractivity contribution in [2.24, 2.45) is 51.3 Å². The SMILES string of the molecule is C/C(=N\NC(N)=O)C1CCC2C3CCC4CC(=O)CCC4(C)C3CCC12C. The highest BCUT2D eigenvalue weighted by Crippen LogP contribution is 2.67. The second-order valence-electron chi connectivity index (χ2n) is 10.3. The van der Waals surface area contributed by atoms with E-state index in [0.29, 0.717) is 23.0 Å². The topological polar surface area (TPSA) is 84.5 Å². The number of ketones is 1. The van der Waals surface area contributed by atoms with E-state index in [1.807, 2.05) is 6.92 Å². The molecule has 4 saturated carbocycles. The van der Waals surface area contributed by atoms with Crippen LogP contribution in [0.4, 0.5) is 4.79 Å². The third-order valence-corrected chi connectivity index (χ3v) is 9.33. The zero-order valence-electron chi connectivity index (χ0n) is 17.1. The molecule has 7 atom stereocenters. The van der Waals surface area contributed by atoms with Crippen molar-refractivity contribution in [1.82, 2.24) is 5.43 Å². The summed E-state index contributed by atoms with van der Waals surface area (Å²) >= 11 is 0. The number of carbonyl (C=O) groups excluding carboxylic acids is 2. The number of primary amides is 1. The Morgan fingerprint density at radius 1 is 1.07 bits per heavy atom. The molecule has 0 heterocycles. The Kier molecular flexibility index (Phi) is 4.63. The lowest BCUT2D eigenvalue weighted by Crippen LogP contribution is -2.53. The van der Waals surface area contributed by atoms with Gasteiger partial charge in [0.15, 0.2) is 0 Å². The minimum Gasteiger partial charge on any atom is -0.350 e. The fraction of sp³-hybridized carbons (Fsp3) is 0.864. The van der Waals surface area contributed by atoms with Crippen LogP contribution in [0.1, 0.15) is 78.6 Å². The fourth-order valence-corrected chi connectivity index (χ4v) is 7.95. The molecule has 2 amide bonds. The second-order valence-corrected chi connectivity index (χ2v) is 10.3. The van der Waals surface area contributed by atoms with Crippen molar-refractivity contribution in [2.45, 2.75) is 78.6 Å². The van der Waals surface area contributed by atoms with Gasteiger partial charge in [0.2, 0.25) is 0 Å². The molecule has 0 bridgehead atoms. The summed E-state index contributed by atoms with van der Waals surface area (Å²) in [6, 6.07) is -0.587. The maximum Gasteiger partial charge on any atom is 0.332 e. The zero-order chi connectivity index (χ0) is 19.4. The molecular formula is C22H35N3O2. The fourth-order valence-electron chi connectivity index (χ4n) is 7.95. The van der Waals surface area contributed by atoms with Gasteiger partial charge in [0.25, 0.3) is 0 Å². The number of nitrogens with two attached hydrogens (primary N) is 1. The van der Waals surface area contributed by atoms with E-state index in [0.717, 1.165) is 42.7 Å². The summed E-state index contributed by atoms with van der Waals surface area (Å²) in [5, 5.41) is 4.29. The van der Waals surface area contributed by atoms with Crippen LogP contribution < -0.4 is 11.2 Å². The van der Waals surface area contributed by atoms with Gasteiger partial charge in [-0.3, -0.25) is 4.79 Å². The van der Waals surface area contributed by atoms with Gasteiger partial charge in [-0.25, -0.2) is 10.2 Å². The normalized spacial score (nSPS) is 47.0.